The van der Waals surface area contributed by atoms with Gasteiger partial charge in [0.15, 0.2) is 0 Å². The van der Waals surface area contributed by atoms with Crippen molar-refractivity contribution in [3.05, 3.63) is 35.1 Å². The van der Waals surface area contributed by atoms with Crippen LogP contribution in [0.2, 0.25) is 0 Å². The average Bonchev–Trinajstić information content (AvgIpc) is 3.13. The number of carbonyl (C=O) groups is 1. The second-order valence-corrected chi connectivity index (χ2v) is 5.02. The lowest BCUT2D eigenvalue weighted by molar-refractivity contribution is 0.0718. The van der Waals surface area contributed by atoms with Crippen LogP contribution >= 0.6 is 0 Å². The fraction of sp³-hybridized carbons (Fsp3) is 0.500. The summed E-state index contributed by atoms with van der Waals surface area (Å²) in [7, 11) is 1.78. The number of hydrogen-bond donors (Lipinski definition) is 1. The third-order valence-electron chi connectivity index (χ3n) is 3.64. The van der Waals surface area contributed by atoms with Crippen LogP contribution in [0.3, 0.4) is 0 Å². The van der Waals surface area contributed by atoms with Gasteiger partial charge in [-0.1, -0.05) is 0 Å². The Hall–Kier alpha value is -1.42. The zero-order valence-electron chi connectivity index (χ0n) is 10.8. The molecule has 0 radical (unpaired) electrons. The van der Waals surface area contributed by atoms with Gasteiger partial charge < -0.3 is 10.6 Å². The molecule has 1 aliphatic rings. The van der Waals surface area contributed by atoms with Gasteiger partial charge in [0.2, 0.25) is 0 Å². The van der Waals surface area contributed by atoms with Crippen LogP contribution < -0.4 is 5.73 Å². The number of nitrogens with two attached hydrogens (primary N) is 1. The van der Waals surface area contributed by atoms with Gasteiger partial charge in [-0.3, -0.25) is 4.79 Å². The van der Waals surface area contributed by atoms with E-state index >= 15 is 0 Å². The standard InChI is InChI=1S/C14H19FN2O/c1-9-7-11(15)5-6-12(9)14(18)17(2)13(8-16)10-3-4-10/h5-7,10,13H,3-4,8,16H2,1-2H3. The van der Waals surface area contributed by atoms with Crippen molar-refractivity contribution in [3.8, 4) is 0 Å². The van der Waals surface area contributed by atoms with E-state index in [1.54, 1.807) is 24.9 Å². The number of carbonyl (C=O) groups excluding carboxylic acids is 1. The highest BCUT2D eigenvalue weighted by molar-refractivity contribution is 5.95. The van der Waals surface area contributed by atoms with Gasteiger partial charge >= 0.3 is 0 Å². The molecule has 4 heteroatoms. The minimum atomic E-state index is -0.315. The van der Waals surface area contributed by atoms with Crippen molar-refractivity contribution in [1.82, 2.24) is 4.90 Å². The Labute approximate surface area is 107 Å². The zero-order chi connectivity index (χ0) is 13.3. The summed E-state index contributed by atoms with van der Waals surface area (Å²) >= 11 is 0. The smallest absolute Gasteiger partial charge is 0.254 e. The molecule has 0 saturated heterocycles. The fourth-order valence-electron chi connectivity index (χ4n) is 2.36. The van der Waals surface area contributed by atoms with Gasteiger partial charge in [-0.2, -0.15) is 0 Å². The lowest BCUT2D eigenvalue weighted by atomic mass is 10.1. The molecular weight excluding hydrogens is 231 g/mol. The van der Waals surface area contributed by atoms with Crippen LogP contribution in [0.15, 0.2) is 18.2 Å². The van der Waals surface area contributed by atoms with Crippen LogP contribution in [0.4, 0.5) is 4.39 Å². The molecule has 1 amide bonds. The molecule has 98 valence electrons. The lowest BCUT2D eigenvalue weighted by Crippen LogP contribution is -2.43. The minimum absolute atomic E-state index is 0.0742. The molecule has 3 nitrogen and oxygen atoms in total. The maximum Gasteiger partial charge on any atom is 0.254 e. The number of hydrogen-bond acceptors (Lipinski definition) is 2. The molecule has 0 bridgehead atoms. The summed E-state index contributed by atoms with van der Waals surface area (Å²) in [4.78, 5) is 14.1. The van der Waals surface area contributed by atoms with Crippen molar-refractivity contribution >= 4 is 5.91 Å². The molecule has 1 saturated carbocycles. The molecule has 2 N–H and O–H groups in total. The van der Waals surface area contributed by atoms with E-state index in [2.05, 4.69) is 0 Å². The summed E-state index contributed by atoms with van der Waals surface area (Å²) in [5.74, 6) is 0.142. The number of likely N-dealkylation sites (N-methyl/N-ethyl adjacent to an activating group) is 1. The second kappa shape index (κ2) is 5.06. The molecule has 0 heterocycles. The van der Waals surface area contributed by atoms with Gasteiger partial charge in [0.05, 0.1) is 0 Å². The van der Waals surface area contributed by atoms with E-state index in [9.17, 15) is 9.18 Å². The van der Waals surface area contributed by atoms with Gasteiger partial charge in [-0.25, -0.2) is 4.39 Å². The van der Waals surface area contributed by atoms with Crippen LogP contribution in [0.25, 0.3) is 0 Å². The molecule has 1 atom stereocenters. The van der Waals surface area contributed by atoms with Crippen molar-refractivity contribution in [2.75, 3.05) is 13.6 Å². The molecule has 0 spiro atoms. The van der Waals surface area contributed by atoms with Crippen molar-refractivity contribution in [1.29, 1.82) is 0 Å². The van der Waals surface area contributed by atoms with Crippen LogP contribution in [-0.2, 0) is 0 Å². The van der Waals surface area contributed by atoms with Crippen LogP contribution in [0, 0.1) is 18.7 Å². The van der Waals surface area contributed by atoms with Crippen molar-refractivity contribution < 1.29 is 9.18 Å². The Kier molecular flexibility index (Phi) is 3.66. The Bertz CT molecular complexity index is 457. The van der Waals surface area contributed by atoms with E-state index in [1.165, 1.54) is 12.1 Å². The molecular formula is C14H19FN2O. The zero-order valence-corrected chi connectivity index (χ0v) is 10.8. The number of benzene rings is 1. The predicted octanol–water partition coefficient (Wildman–Crippen LogP) is 1.94. The molecule has 1 fully saturated rings. The Morgan fingerprint density at radius 3 is 2.72 bits per heavy atom. The Balaban J connectivity index is 2.19. The predicted molar refractivity (Wildman–Crippen MR) is 68.8 cm³/mol. The summed E-state index contributed by atoms with van der Waals surface area (Å²) < 4.78 is 13.0. The number of aryl methyl sites for hydroxylation is 1. The van der Waals surface area contributed by atoms with E-state index in [4.69, 9.17) is 5.73 Å². The normalized spacial score (nSPS) is 16.4. The van der Waals surface area contributed by atoms with E-state index in [1.807, 2.05) is 0 Å². The summed E-state index contributed by atoms with van der Waals surface area (Å²) in [6, 6.07) is 4.35. The molecule has 0 aromatic heterocycles. The van der Waals surface area contributed by atoms with Gasteiger partial charge in [0.1, 0.15) is 5.82 Å². The maximum atomic E-state index is 13.0. The number of amides is 1. The first kappa shape index (κ1) is 13.0. The third kappa shape index (κ3) is 2.53. The maximum absolute atomic E-state index is 13.0. The molecule has 1 unspecified atom stereocenters. The van der Waals surface area contributed by atoms with Crippen molar-refractivity contribution in [2.45, 2.75) is 25.8 Å². The first-order chi connectivity index (χ1) is 8.54. The topological polar surface area (TPSA) is 46.3 Å². The van der Waals surface area contributed by atoms with Crippen LogP contribution in [0.1, 0.15) is 28.8 Å². The molecule has 0 aliphatic heterocycles. The van der Waals surface area contributed by atoms with Crippen molar-refractivity contribution in [2.24, 2.45) is 11.7 Å². The van der Waals surface area contributed by atoms with Gasteiger partial charge in [-0.15, -0.1) is 0 Å². The number of nitrogens with zero attached hydrogens (tertiary/aromatic N) is 1. The molecule has 1 aromatic carbocycles. The minimum Gasteiger partial charge on any atom is -0.337 e. The van der Waals surface area contributed by atoms with Gasteiger partial charge in [0.25, 0.3) is 5.91 Å². The van der Waals surface area contributed by atoms with E-state index in [0.29, 0.717) is 23.6 Å². The second-order valence-electron chi connectivity index (χ2n) is 5.02. The van der Waals surface area contributed by atoms with E-state index < -0.39 is 0 Å². The highest BCUT2D eigenvalue weighted by atomic mass is 19.1. The first-order valence-corrected chi connectivity index (χ1v) is 6.28. The average molecular weight is 250 g/mol. The largest absolute Gasteiger partial charge is 0.337 e. The summed E-state index contributed by atoms with van der Waals surface area (Å²) in [5, 5.41) is 0. The third-order valence-corrected chi connectivity index (χ3v) is 3.64. The molecule has 1 aromatic rings. The SMILES string of the molecule is Cc1cc(F)ccc1C(=O)N(C)C(CN)C1CC1. The first-order valence-electron chi connectivity index (χ1n) is 6.28. The fourth-order valence-corrected chi connectivity index (χ4v) is 2.36. The molecule has 2 rings (SSSR count). The highest BCUT2D eigenvalue weighted by Gasteiger charge is 2.35. The van der Waals surface area contributed by atoms with E-state index in [-0.39, 0.29) is 17.8 Å². The Morgan fingerprint density at radius 2 is 2.22 bits per heavy atom. The van der Waals surface area contributed by atoms with E-state index in [0.717, 1.165) is 12.8 Å². The monoisotopic (exact) mass is 250 g/mol. The van der Waals surface area contributed by atoms with Gasteiger partial charge in [0, 0.05) is 25.2 Å². The van der Waals surface area contributed by atoms with Gasteiger partial charge in [-0.05, 0) is 49.4 Å². The number of halogens is 1. The quantitative estimate of drug-likeness (QED) is 0.887. The van der Waals surface area contributed by atoms with Crippen molar-refractivity contribution in [3.63, 3.8) is 0 Å². The lowest BCUT2D eigenvalue weighted by Gasteiger charge is -2.27. The molecule has 1 aliphatic carbocycles. The molecule has 18 heavy (non-hydrogen) atoms. The summed E-state index contributed by atoms with van der Waals surface area (Å²) in [6.45, 7) is 2.23. The van der Waals surface area contributed by atoms with Crippen LogP contribution in [-0.4, -0.2) is 30.4 Å². The number of rotatable bonds is 4. The highest BCUT2D eigenvalue weighted by Crippen LogP contribution is 2.35. The summed E-state index contributed by atoms with van der Waals surface area (Å²) in [5.41, 5.74) is 6.96. The summed E-state index contributed by atoms with van der Waals surface area (Å²) in [6.07, 6.45) is 2.28. The van der Waals surface area contributed by atoms with Crippen LogP contribution in [0.5, 0.6) is 0 Å². The Morgan fingerprint density at radius 1 is 1.56 bits per heavy atom.